The average molecular weight is 268 g/mol. The molecule has 0 aromatic carbocycles. The number of nitrogens with zero attached hydrogens (tertiary/aromatic N) is 1. The van der Waals surface area contributed by atoms with E-state index >= 15 is 0 Å². The van der Waals surface area contributed by atoms with Crippen LogP contribution in [0.2, 0.25) is 0 Å². The van der Waals surface area contributed by atoms with Gasteiger partial charge in [-0.3, -0.25) is 4.90 Å². The Balaban J connectivity index is 1.96. The number of hydrogen-bond acceptors (Lipinski definition) is 3. The quantitative estimate of drug-likeness (QED) is 0.829. The van der Waals surface area contributed by atoms with E-state index < -0.39 is 0 Å². The van der Waals surface area contributed by atoms with Crippen molar-refractivity contribution < 1.29 is 4.74 Å². The third-order valence-corrected chi connectivity index (χ3v) is 4.89. The highest BCUT2D eigenvalue weighted by atomic mass is 16.5. The lowest BCUT2D eigenvalue weighted by Crippen LogP contribution is -2.49. The van der Waals surface area contributed by atoms with Crippen LogP contribution in [-0.2, 0) is 4.74 Å². The molecule has 0 amide bonds. The molecule has 0 spiro atoms. The summed E-state index contributed by atoms with van der Waals surface area (Å²) in [5, 5.41) is 3.67. The molecule has 0 bridgehead atoms. The van der Waals surface area contributed by atoms with Crippen LogP contribution in [0, 0.1) is 11.3 Å². The van der Waals surface area contributed by atoms with Crippen LogP contribution in [0.25, 0.3) is 0 Å². The van der Waals surface area contributed by atoms with Crippen LogP contribution in [0.15, 0.2) is 0 Å². The summed E-state index contributed by atoms with van der Waals surface area (Å²) in [6.07, 6.45) is 3.79. The molecule has 112 valence electrons. The third-order valence-electron chi connectivity index (χ3n) is 4.89. The Labute approximate surface area is 119 Å². The summed E-state index contributed by atoms with van der Waals surface area (Å²) in [6.45, 7) is 14.8. The SMILES string of the molecule is CC1CC(C)N(CC2(CNC(C)C)CCOCC2)C1. The lowest BCUT2D eigenvalue weighted by molar-refractivity contribution is -0.00666. The number of rotatable bonds is 5. The van der Waals surface area contributed by atoms with E-state index in [1.807, 2.05) is 0 Å². The second-order valence-electron chi connectivity index (χ2n) is 7.27. The minimum atomic E-state index is 0.431. The molecule has 1 N–H and O–H groups in total. The Morgan fingerprint density at radius 3 is 2.47 bits per heavy atom. The summed E-state index contributed by atoms with van der Waals surface area (Å²) in [7, 11) is 0. The molecule has 19 heavy (non-hydrogen) atoms. The van der Waals surface area contributed by atoms with Crippen molar-refractivity contribution in [2.24, 2.45) is 11.3 Å². The van der Waals surface area contributed by atoms with Gasteiger partial charge < -0.3 is 10.1 Å². The first-order valence-corrected chi connectivity index (χ1v) is 8.06. The fraction of sp³-hybridized carbons (Fsp3) is 1.00. The molecule has 0 saturated carbocycles. The maximum absolute atomic E-state index is 5.60. The molecule has 3 heteroatoms. The van der Waals surface area contributed by atoms with Gasteiger partial charge in [-0.1, -0.05) is 20.8 Å². The Kier molecular flexibility index (Phi) is 5.27. The van der Waals surface area contributed by atoms with Crippen molar-refractivity contribution in [1.29, 1.82) is 0 Å². The van der Waals surface area contributed by atoms with Crippen molar-refractivity contribution in [3.63, 3.8) is 0 Å². The van der Waals surface area contributed by atoms with Gasteiger partial charge in [0.2, 0.25) is 0 Å². The molecule has 2 aliphatic rings. The predicted octanol–water partition coefficient (Wildman–Crippen LogP) is 2.51. The Morgan fingerprint density at radius 2 is 1.95 bits per heavy atom. The number of hydrogen-bond donors (Lipinski definition) is 1. The summed E-state index contributed by atoms with van der Waals surface area (Å²) >= 11 is 0. The normalized spacial score (nSPS) is 32.1. The molecular weight excluding hydrogens is 236 g/mol. The van der Waals surface area contributed by atoms with E-state index in [0.717, 1.165) is 31.7 Å². The second-order valence-corrected chi connectivity index (χ2v) is 7.27. The smallest absolute Gasteiger partial charge is 0.0472 e. The maximum Gasteiger partial charge on any atom is 0.0472 e. The predicted molar refractivity (Wildman–Crippen MR) is 80.4 cm³/mol. The van der Waals surface area contributed by atoms with E-state index in [-0.39, 0.29) is 0 Å². The largest absolute Gasteiger partial charge is 0.381 e. The topological polar surface area (TPSA) is 24.5 Å². The average Bonchev–Trinajstić information content (AvgIpc) is 2.66. The van der Waals surface area contributed by atoms with Crippen LogP contribution < -0.4 is 5.32 Å². The van der Waals surface area contributed by atoms with Crippen molar-refractivity contribution in [1.82, 2.24) is 10.2 Å². The van der Waals surface area contributed by atoms with E-state index in [9.17, 15) is 0 Å². The zero-order valence-electron chi connectivity index (χ0n) is 13.2. The summed E-state index contributed by atoms with van der Waals surface area (Å²) < 4.78 is 5.60. The molecule has 2 aliphatic heterocycles. The van der Waals surface area contributed by atoms with Crippen LogP contribution in [0.5, 0.6) is 0 Å². The molecule has 2 atom stereocenters. The molecule has 3 nitrogen and oxygen atoms in total. The van der Waals surface area contributed by atoms with Crippen molar-refractivity contribution in [2.45, 2.75) is 59.0 Å². The molecule has 0 aromatic rings. The van der Waals surface area contributed by atoms with E-state index in [1.54, 1.807) is 0 Å². The lowest BCUT2D eigenvalue weighted by atomic mass is 9.79. The van der Waals surface area contributed by atoms with Crippen molar-refractivity contribution in [3.8, 4) is 0 Å². The van der Waals surface area contributed by atoms with Crippen molar-refractivity contribution in [2.75, 3.05) is 32.8 Å². The maximum atomic E-state index is 5.60. The van der Waals surface area contributed by atoms with Gasteiger partial charge in [0.15, 0.2) is 0 Å². The van der Waals surface area contributed by atoms with Gasteiger partial charge in [-0.2, -0.15) is 0 Å². The Hall–Kier alpha value is -0.120. The van der Waals surface area contributed by atoms with Gasteiger partial charge in [0.1, 0.15) is 0 Å². The molecule has 0 aromatic heterocycles. The van der Waals surface area contributed by atoms with Crippen LogP contribution in [0.4, 0.5) is 0 Å². The van der Waals surface area contributed by atoms with Gasteiger partial charge in [-0.25, -0.2) is 0 Å². The van der Waals surface area contributed by atoms with Gasteiger partial charge >= 0.3 is 0 Å². The fourth-order valence-corrected chi connectivity index (χ4v) is 3.65. The van der Waals surface area contributed by atoms with Crippen LogP contribution in [0.1, 0.15) is 47.0 Å². The van der Waals surface area contributed by atoms with Crippen LogP contribution in [-0.4, -0.2) is 49.8 Å². The van der Waals surface area contributed by atoms with E-state index in [4.69, 9.17) is 4.74 Å². The summed E-state index contributed by atoms with van der Waals surface area (Å²) in [5.74, 6) is 0.866. The summed E-state index contributed by atoms with van der Waals surface area (Å²) in [6, 6.07) is 1.34. The first-order valence-electron chi connectivity index (χ1n) is 8.06. The van der Waals surface area contributed by atoms with Gasteiger partial charge in [0, 0.05) is 44.9 Å². The van der Waals surface area contributed by atoms with E-state index in [0.29, 0.717) is 11.5 Å². The molecule has 2 saturated heterocycles. The molecule has 2 unspecified atom stereocenters. The molecule has 2 heterocycles. The first-order chi connectivity index (χ1) is 9.01. The van der Waals surface area contributed by atoms with E-state index in [1.165, 1.54) is 32.4 Å². The summed E-state index contributed by atoms with van der Waals surface area (Å²) in [4.78, 5) is 2.72. The number of nitrogens with one attached hydrogen (secondary N) is 1. The highest BCUT2D eigenvalue weighted by Crippen LogP contribution is 2.34. The third kappa shape index (κ3) is 4.17. The standard InChI is InChI=1S/C16H32N2O/c1-13(2)17-11-16(5-7-19-8-6-16)12-18-10-14(3)9-15(18)4/h13-15,17H,5-12H2,1-4H3. The van der Waals surface area contributed by atoms with Gasteiger partial charge in [-0.15, -0.1) is 0 Å². The van der Waals surface area contributed by atoms with Gasteiger partial charge in [-0.05, 0) is 37.5 Å². The Morgan fingerprint density at radius 1 is 1.26 bits per heavy atom. The minimum absolute atomic E-state index is 0.431. The zero-order valence-corrected chi connectivity index (χ0v) is 13.2. The zero-order chi connectivity index (χ0) is 13.9. The fourth-order valence-electron chi connectivity index (χ4n) is 3.65. The van der Waals surface area contributed by atoms with Gasteiger partial charge in [0.25, 0.3) is 0 Å². The highest BCUT2D eigenvalue weighted by Gasteiger charge is 2.37. The molecule has 2 rings (SSSR count). The van der Waals surface area contributed by atoms with E-state index in [2.05, 4.69) is 37.9 Å². The summed E-state index contributed by atoms with van der Waals surface area (Å²) in [5.41, 5.74) is 0.431. The van der Waals surface area contributed by atoms with Crippen molar-refractivity contribution in [3.05, 3.63) is 0 Å². The monoisotopic (exact) mass is 268 g/mol. The lowest BCUT2D eigenvalue weighted by Gasteiger charge is -2.42. The number of ether oxygens (including phenoxy) is 1. The Bertz CT molecular complexity index is 274. The second kappa shape index (κ2) is 6.55. The minimum Gasteiger partial charge on any atom is -0.381 e. The number of likely N-dealkylation sites (tertiary alicyclic amines) is 1. The van der Waals surface area contributed by atoms with Crippen LogP contribution >= 0.6 is 0 Å². The van der Waals surface area contributed by atoms with Crippen molar-refractivity contribution >= 4 is 0 Å². The van der Waals surface area contributed by atoms with Crippen LogP contribution in [0.3, 0.4) is 0 Å². The first kappa shape index (κ1) is 15.3. The molecule has 2 fully saturated rings. The molecule has 0 radical (unpaired) electrons. The highest BCUT2D eigenvalue weighted by molar-refractivity contribution is 4.91. The molecule has 0 aliphatic carbocycles. The molecular formula is C16H32N2O. The van der Waals surface area contributed by atoms with Gasteiger partial charge in [0.05, 0.1) is 0 Å².